The molecular weight excluding hydrogens is 256 g/mol. The number of hydrogen-bond acceptors (Lipinski definition) is 2. The summed E-state index contributed by atoms with van der Waals surface area (Å²) in [5, 5.41) is 8.77. The average Bonchev–Trinajstić information content (AvgIpc) is 2.33. The van der Waals surface area contributed by atoms with Gasteiger partial charge in [0.15, 0.2) is 11.6 Å². The maximum absolute atomic E-state index is 13.7. The van der Waals surface area contributed by atoms with E-state index in [1.54, 1.807) is 0 Å². The van der Waals surface area contributed by atoms with Crippen molar-refractivity contribution in [3.63, 3.8) is 0 Å². The van der Waals surface area contributed by atoms with E-state index in [9.17, 15) is 18.4 Å². The first-order valence-electron chi connectivity index (χ1n) is 5.37. The molecule has 0 spiro atoms. The lowest BCUT2D eigenvalue weighted by Crippen LogP contribution is -2.10. The number of rotatable bonds is 3. The molecule has 4 nitrogen and oxygen atoms in total. The van der Waals surface area contributed by atoms with Crippen molar-refractivity contribution in [1.82, 2.24) is 4.98 Å². The van der Waals surface area contributed by atoms with E-state index >= 15 is 0 Å². The normalized spacial score (nSPS) is 10.4. The number of H-pyrrole nitrogens is 1. The minimum atomic E-state index is -1.16. The van der Waals surface area contributed by atoms with Crippen LogP contribution in [-0.2, 0) is 11.2 Å². The molecule has 6 heteroatoms. The van der Waals surface area contributed by atoms with Gasteiger partial charge in [-0.05, 0) is 11.6 Å². The van der Waals surface area contributed by atoms with E-state index in [4.69, 9.17) is 5.11 Å². The Labute approximate surface area is 106 Å². The number of carboxylic acid groups (broad SMARTS) is 1. The number of aromatic nitrogens is 1. The van der Waals surface area contributed by atoms with E-state index in [-0.39, 0.29) is 16.7 Å². The molecular formula is C13H9F2NO3. The molecule has 0 aliphatic rings. The Balaban J connectivity index is 2.64. The van der Waals surface area contributed by atoms with Gasteiger partial charge in [0, 0.05) is 23.4 Å². The summed E-state index contributed by atoms with van der Waals surface area (Å²) in [7, 11) is 0. The molecule has 0 aliphatic carbocycles. The second kappa shape index (κ2) is 5.01. The topological polar surface area (TPSA) is 70.2 Å². The smallest absolute Gasteiger partial charge is 0.307 e. The molecule has 0 unspecified atom stereocenters. The predicted molar refractivity (Wildman–Crippen MR) is 63.8 cm³/mol. The number of aromatic amines is 1. The predicted octanol–water partition coefficient (Wildman–Crippen LogP) is 1.95. The van der Waals surface area contributed by atoms with Crippen LogP contribution in [0.3, 0.4) is 0 Å². The van der Waals surface area contributed by atoms with E-state index < -0.39 is 29.6 Å². The van der Waals surface area contributed by atoms with Gasteiger partial charge in [0.25, 0.3) is 0 Å². The zero-order valence-corrected chi connectivity index (χ0v) is 9.61. The number of nitrogens with one attached hydrogen (secondary N) is 1. The zero-order valence-electron chi connectivity index (χ0n) is 9.61. The summed E-state index contributed by atoms with van der Waals surface area (Å²) in [4.78, 5) is 24.2. The number of hydrogen-bond donors (Lipinski definition) is 2. The number of carboxylic acids is 1. The molecule has 0 radical (unpaired) electrons. The van der Waals surface area contributed by atoms with Crippen molar-refractivity contribution < 1.29 is 18.7 Å². The monoisotopic (exact) mass is 265 g/mol. The molecule has 2 aromatic rings. The molecule has 1 heterocycles. The van der Waals surface area contributed by atoms with Gasteiger partial charge in [0.2, 0.25) is 5.56 Å². The van der Waals surface area contributed by atoms with Crippen molar-refractivity contribution in [3.05, 3.63) is 58.0 Å². The quantitative estimate of drug-likeness (QED) is 0.891. The first kappa shape index (κ1) is 12.9. The second-order valence-corrected chi connectivity index (χ2v) is 3.91. The van der Waals surface area contributed by atoms with Crippen molar-refractivity contribution in [3.8, 4) is 11.1 Å². The number of benzene rings is 1. The molecule has 0 atom stereocenters. The third kappa shape index (κ3) is 2.67. The van der Waals surface area contributed by atoms with E-state index in [2.05, 4.69) is 4.98 Å². The molecule has 98 valence electrons. The van der Waals surface area contributed by atoms with Crippen LogP contribution < -0.4 is 5.56 Å². The maximum Gasteiger partial charge on any atom is 0.307 e. The van der Waals surface area contributed by atoms with Gasteiger partial charge < -0.3 is 10.1 Å². The molecule has 19 heavy (non-hydrogen) atoms. The van der Waals surface area contributed by atoms with Crippen molar-refractivity contribution in [1.29, 1.82) is 0 Å². The van der Waals surface area contributed by atoms with E-state index in [0.717, 1.165) is 12.1 Å². The molecule has 0 saturated carbocycles. The van der Waals surface area contributed by atoms with Gasteiger partial charge in [-0.2, -0.15) is 0 Å². The van der Waals surface area contributed by atoms with Gasteiger partial charge in [0.1, 0.15) is 0 Å². The summed E-state index contributed by atoms with van der Waals surface area (Å²) in [6.45, 7) is 0. The van der Waals surface area contributed by atoms with Crippen LogP contribution in [0.5, 0.6) is 0 Å². The largest absolute Gasteiger partial charge is 0.481 e. The second-order valence-electron chi connectivity index (χ2n) is 3.91. The fourth-order valence-electron chi connectivity index (χ4n) is 1.79. The van der Waals surface area contributed by atoms with Crippen LogP contribution in [-0.4, -0.2) is 16.1 Å². The van der Waals surface area contributed by atoms with Gasteiger partial charge in [-0.3, -0.25) is 9.59 Å². The van der Waals surface area contributed by atoms with Crippen LogP contribution in [0.2, 0.25) is 0 Å². The SMILES string of the molecule is O=C(O)Cc1cc(=O)[nH]cc1-c1cccc(F)c1F. The van der Waals surface area contributed by atoms with Crippen LogP contribution in [0, 0.1) is 11.6 Å². The third-order valence-corrected chi connectivity index (χ3v) is 2.59. The van der Waals surface area contributed by atoms with Crippen molar-refractivity contribution in [2.75, 3.05) is 0 Å². The first-order valence-corrected chi connectivity index (χ1v) is 5.37. The lowest BCUT2D eigenvalue weighted by molar-refractivity contribution is -0.136. The van der Waals surface area contributed by atoms with Gasteiger partial charge in [-0.25, -0.2) is 8.78 Å². The maximum atomic E-state index is 13.7. The Bertz CT molecular complexity index is 695. The lowest BCUT2D eigenvalue weighted by Gasteiger charge is -2.08. The van der Waals surface area contributed by atoms with Crippen LogP contribution in [0.25, 0.3) is 11.1 Å². The van der Waals surface area contributed by atoms with Crippen LogP contribution in [0.15, 0.2) is 35.3 Å². The van der Waals surface area contributed by atoms with Crippen molar-refractivity contribution in [2.45, 2.75) is 6.42 Å². The Hall–Kier alpha value is -2.50. The highest BCUT2D eigenvalue weighted by Gasteiger charge is 2.15. The van der Waals surface area contributed by atoms with Crippen LogP contribution >= 0.6 is 0 Å². The van der Waals surface area contributed by atoms with Crippen LogP contribution in [0.4, 0.5) is 8.78 Å². The highest BCUT2D eigenvalue weighted by atomic mass is 19.2. The molecule has 2 rings (SSSR count). The average molecular weight is 265 g/mol. The molecule has 0 aliphatic heterocycles. The summed E-state index contributed by atoms with van der Waals surface area (Å²) in [6, 6.07) is 4.65. The molecule has 0 bridgehead atoms. The van der Waals surface area contributed by atoms with Gasteiger partial charge in [-0.1, -0.05) is 12.1 Å². The number of pyridine rings is 1. The third-order valence-electron chi connectivity index (χ3n) is 2.59. The summed E-state index contributed by atoms with van der Waals surface area (Å²) >= 11 is 0. The number of halogens is 2. The lowest BCUT2D eigenvalue weighted by atomic mass is 9.99. The van der Waals surface area contributed by atoms with Gasteiger partial charge in [-0.15, -0.1) is 0 Å². The number of aliphatic carboxylic acids is 1. The van der Waals surface area contributed by atoms with Gasteiger partial charge in [0.05, 0.1) is 6.42 Å². The summed E-state index contributed by atoms with van der Waals surface area (Å²) in [5.41, 5.74) is -0.316. The van der Waals surface area contributed by atoms with E-state index in [0.29, 0.717) is 0 Å². The molecule has 1 aromatic carbocycles. The molecule has 0 fully saturated rings. The standard InChI is InChI=1S/C13H9F2NO3/c14-10-3-1-2-8(13(10)15)9-6-16-11(17)4-7(9)5-12(18)19/h1-4,6H,5H2,(H,16,17)(H,18,19). The van der Waals surface area contributed by atoms with Crippen LogP contribution in [0.1, 0.15) is 5.56 Å². The fourth-order valence-corrected chi connectivity index (χ4v) is 1.79. The fraction of sp³-hybridized carbons (Fsp3) is 0.0769. The Kier molecular flexibility index (Phi) is 3.41. The van der Waals surface area contributed by atoms with Crippen molar-refractivity contribution in [2.24, 2.45) is 0 Å². The minimum Gasteiger partial charge on any atom is -0.481 e. The zero-order chi connectivity index (χ0) is 14.0. The van der Waals surface area contributed by atoms with E-state index in [1.165, 1.54) is 18.3 Å². The Morgan fingerprint density at radius 3 is 2.68 bits per heavy atom. The van der Waals surface area contributed by atoms with Gasteiger partial charge >= 0.3 is 5.97 Å². The Morgan fingerprint density at radius 2 is 2.00 bits per heavy atom. The van der Waals surface area contributed by atoms with Crippen molar-refractivity contribution >= 4 is 5.97 Å². The summed E-state index contributed by atoms with van der Waals surface area (Å²) in [5.74, 6) is -3.28. The number of carbonyl (C=O) groups is 1. The molecule has 2 N–H and O–H groups in total. The summed E-state index contributed by atoms with van der Waals surface area (Å²) < 4.78 is 26.9. The first-order chi connectivity index (χ1) is 8.99. The highest BCUT2D eigenvalue weighted by molar-refractivity contribution is 5.76. The Morgan fingerprint density at radius 1 is 1.26 bits per heavy atom. The highest BCUT2D eigenvalue weighted by Crippen LogP contribution is 2.26. The molecule has 0 saturated heterocycles. The van der Waals surface area contributed by atoms with E-state index in [1.807, 2.05) is 0 Å². The summed E-state index contributed by atoms with van der Waals surface area (Å²) in [6.07, 6.45) is 0.730. The molecule has 0 amide bonds. The minimum absolute atomic E-state index is 0.0903. The molecule has 1 aromatic heterocycles.